The molecule has 1 aromatic heterocycles. The largest absolute Gasteiger partial charge is 0.494 e. The summed E-state index contributed by atoms with van der Waals surface area (Å²) in [5.41, 5.74) is 3.24. The summed E-state index contributed by atoms with van der Waals surface area (Å²) in [4.78, 5) is 17.0. The van der Waals surface area contributed by atoms with E-state index in [2.05, 4.69) is 27.4 Å². The lowest BCUT2D eigenvalue weighted by molar-refractivity contribution is 0.317. The molecule has 20 heavy (non-hydrogen) atoms. The summed E-state index contributed by atoms with van der Waals surface area (Å²) in [6.45, 7) is 2.78. The van der Waals surface area contributed by atoms with Crippen LogP contribution in [0, 0.1) is 0 Å². The minimum absolute atomic E-state index is 0.414. The van der Waals surface area contributed by atoms with Crippen molar-refractivity contribution in [3.05, 3.63) is 52.6 Å². The van der Waals surface area contributed by atoms with Crippen LogP contribution in [0.4, 0.5) is 5.82 Å². The number of benzene rings is 1. The first-order chi connectivity index (χ1) is 9.78. The highest BCUT2D eigenvalue weighted by Crippen LogP contribution is 2.11. The second-order valence-electron chi connectivity index (χ2n) is 4.08. The van der Waals surface area contributed by atoms with Crippen LogP contribution in [0.15, 0.2) is 46.4 Å². The lowest BCUT2D eigenvalue weighted by atomic mass is 10.2. The van der Waals surface area contributed by atoms with Crippen molar-refractivity contribution in [2.75, 3.05) is 12.0 Å². The average Bonchev–Trinajstić information content (AvgIpc) is 2.46. The zero-order valence-electron chi connectivity index (χ0n) is 11.2. The van der Waals surface area contributed by atoms with Gasteiger partial charge >= 0.3 is 5.69 Å². The first-order valence-electron chi connectivity index (χ1n) is 6.35. The lowest BCUT2D eigenvalue weighted by Gasteiger charge is -2.04. The van der Waals surface area contributed by atoms with Gasteiger partial charge in [0.25, 0.3) is 0 Å². The smallest absolute Gasteiger partial charge is 0.346 e. The number of aromatic amines is 1. The van der Waals surface area contributed by atoms with Gasteiger partial charge in [0.15, 0.2) is 0 Å². The Balaban J connectivity index is 1.92. The Hall–Kier alpha value is -2.63. The molecule has 0 saturated heterocycles. The van der Waals surface area contributed by atoms with Gasteiger partial charge in [-0.05, 0) is 42.3 Å². The Morgan fingerprint density at radius 1 is 1.35 bits per heavy atom. The summed E-state index contributed by atoms with van der Waals surface area (Å²) >= 11 is 0. The van der Waals surface area contributed by atoms with E-state index < -0.39 is 5.69 Å². The van der Waals surface area contributed by atoms with Crippen molar-refractivity contribution in [1.29, 1.82) is 0 Å². The van der Waals surface area contributed by atoms with E-state index in [4.69, 9.17) is 4.74 Å². The van der Waals surface area contributed by atoms with Gasteiger partial charge in [0.05, 0.1) is 12.8 Å². The topological polar surface area (TPSA) is 79.4 Å². The molecule has 0 unspecified atom stereocenters. The highest BCUT2D eigenvalue weighted by Gasteiger charge is 1.93. The first kappa shape index (κ1) is 13.8. The Morgan fingerprint density at radius 3 is 2.85 bits per heavy atom. The summed E-state index contributed by atoms with van der Waals surface area (Å²) in [5, 5.41) is 4.03. The van der Waals surface area contributed by atoms with Gasteiger partial charge in [0, 0.05) is 6.20 Å². The van der Waals surface area contributed by atoms with Crippen molar-refractivity contribution < 1.29 is 4.74 Å². The Kier molecular flexibility index (Phi) is 4.88. The van der Waals surface area contributed by atoms with Crippen molar-refractivity contribution in [1.82, 2.24) is 9.97 Å². The molecule has 0 fully saturated rings. The summed E-state index contributed by atoms with van der Waals surface area (Å²) in [6, 6.07) is 9.23. The van der Waals surface area contributed by atoms with Crippen LogP contribution in [0.2, 0.25) is 0 Å². The SMILES string of the molecule is CCCOc1ccc(C=NNc2ccnc(=O)[nH]2)cc1. The van der Waals surface area contributed by atoms with Gasteiger partial charge < -0.3 is 4.74 Å². The molecule has 0 bridgehead atoms. The van der Waals surface area contributed by atoms with Crippen LogP contribution in [-0.2, 0) is 0 Å². The quantitative estimate of drug-likeness (QED) is 0.622. The van der Waals surface area contributed by atoms with Crippen molar-refractivity contribution in [3.8, 4) is 5.75 Å². The number of rotatable bonds is 6. The second kappa shape index (κ2) is 7.08. The third kappa shape index (κ3) is 4.24. The normalized spacial score (nSPS) is 10.7. The average molecular weight is 272 g/mol. The molecule has 0 saturated carbocycles. The van der Waals surface area contributed by atoms with Crippen LogP contribution in [-0.4, -0.2) is 22.8 Å². The summed E-state index contributed by atoms with van der Waals surface area (Å²) in [5.74, 6) is 1.33. The molecule has 0 aliphatic rings. The van der Waals surface area contributed by atoms with E-state index in [9.17, 15) is 4.79 Å². The molecule has 1 heterocycles. The van der Waals surface area contributed by atoms with Crippen LogP contribution in [0.5, 0.6) is 5.75 Å². The van der Waals surface area contributed by atoms with Crippen molar-refractivity contribution >= 4 is 12.0 Å². The molecule has 0 aliphatic heterocycles. The number of hydrogen-bond acceptors (Lipinski definition) is 5. The molecule has 6 nitrogen and oxygen atoms in total. The van der Waals surface area contributed by atoms with E-state index in [0.29, 0.717) is 12.4 Å². The van der Waals surface area contributed by atoms with Crippen LogP contribution in [0.1, 0.15) is 18.9 Å². The third-order valence-electron chi connectivity index (χ3n) is 2.43. The molecular formula is C14H16N4O2. The molecule has 104 valence electrons. The molecule has 6 heteroatoms. The minimum atomic E-state index is -0.414. The highest BCUT2D eigenvalue weighted by atomic mass is 16.5. The predicted molar refractivity (Wildman–Crippen MR) is 78.3 cm³/mol. The van der Waals surface area contributed by atoms with E-state index in [1.54, 1.807) is 12.3 Å². The zero-order valence-corrected chi connectivity index (χ0v) is 11.2. The maximum atomic E-state index is 11.0. The standard InChI is InChI=1S/C14H16N4O2/c1-2-9-20-12-5-3-11(4-6-12)10-16-18-13-7-8-15-14(19)17-13/h3-8,10H,2,9H2,1H3,(H2,15,17,18,19). The number of anilines is 1. The van der Waals surface area contributed by atoms with Crippen LogP contribution < -0.4 is 15.9 Å². The number of aromatic nitrogens is 2. The maximum absolute atomic E-state index is 11.0. The van der Waals surface area contributed by atoms with Gasteiger partial charge in [-0.3, -0.25) is 10.4 Å². The van der Waals surface area contributed by atoms with Gasteiger partial charge in [0.2, 0.25) is 0 Å². The molecule has 0 amide bonds. The van der Waals surface area contributed by atoms with Crippen molar-refractivity contribution in [2.24, 2.45) is 5.10 Å². The van der Waals surface area contributed by atoms with E-state index in [1.807, 2.05) is 24.3 Å². The van der Waals surface area contributed by atoms with Crippen molar-refractivity contribution in [3.63, 3.8) is 0 Å². The predicted octanol–water partition coefficient (Wildman–Crippen LogP) is 2.00. The Labute approximate surface area is 116 Å². The first-order valence-corrected chi connectivity index (χ1v) is 6.35. The fourth-order valence-corrected chi connectivity index (χ4v) is 1.48. The molecule has 0 atom stereocenters. The Bertz CT molecular complexity index is 620. The van der Waals surface area contributed by atoms with Crippen molar-refractivity contribution in [2.45, 2.75) is 13.3 Å². The minimum Gasteiger partial charge on any atom is -0.494 e. The third-order valence-corrected chi connectivity index (χ3v) is 2.43. The Morgan fingerprint density at radius 2 is 2.15 bits per heavy atom. The summed E-state index contributed by atoms with van der Waals surface area (Å²) in [7, 11) is 0. The summed E-state index contributed by atoms with van der Waals surface area (Å²) in [6.07, 6.45) is 4.05. The molecular weight excluding hydrogens is 256 g/mol. The molecule has 2 aromatic rings. The molecule has 2 rings (SSSR count). The monoisotopic (exact) mass is 272 g/mol. The lowest BCUT2D eigenvalue weighted by Crippen LogP contribution is -2.10. The second-order valence-corrected chi connectivity index (χ2v) is 4.08. The summed E-state index contributed by atoms with van der Waals surface area (Å²) < 4.78 is 5.49. The number of ether oxygens (including phenoxy) is 1. The maximum Gasteiger partial charge on any atom is 0.346 e. The van der Waals surface area contributed by atoms with Gasteiger partial charge in [-0.15, -0.1) is 0 Å². The molecule has 0 radical (unpaired) electrons. The number of nitrogens with zero attached hydrogens (tertiary/aromatic N) is 2. The van der Waals surface area contributed by atoms with E-state index in [-0.39, 0.29) is 0 Å². The van der Waals surface area contributed by atoms with Gasteiger partial charge in [-0.2, -0.15) is 5.10 Å². The van der Waals surface area contributed by atoms with Crippen LogP contribution >= 0.6 is 0 Å². The van der Waals surface area contributed by atoms with E-state index in [0.717, 1.165) is 17.7 Å². The van der Waals surface area contributed by atoms with Crippen LogP contribution in [0.3, 0.4) is 0 Å². The van der Waals surface area contributed by atoms with E-state index >= 15 is 0 Å². The molecule has 2 N–H and O–H groups in total. The molecule has 0 aliphatic carbocycles. The fraction of sp³-hybridized carbons (Fsp3) is 0.214. The van der Waals surface area contributed by atoms with Gasteiger partial charge in [-0.25, -0.2) is 9.78 Å². The van der Waals surface area contributed by atoms with Gasteiger partial charge in [0.1, 0.15) is 11.6 Å². The highest BCUT2D eigenvalue weighted by molar-refractivity contribution is 5.80. The number of hydrazone groups is 1. The fourth-order valence-electron chi connectivity index (χ4n) is 1.48. The number of H-pyrrole nitrogens is 1. The van der Waals surface area contributed by atoms with E-state index in [1.165, 1.54) is 6.20 Å². The zero-order chi connectivity index (χ0) is 14.2. The molecule has 0 spiro atoms. The van der Waals surface area contributed by atoms with Crippen LogP contribution in [0.25, 0.3) is 0 Å². The number of nitrogens with one attached hydrogen (secondary N) is 2. The number of hydrogen-bond donors (Lipinski definition) is 2. The van der Waals surface area contributed by atoms with Gasteiger partial charge in [-0.1, -0.05) is 6.92 Å². The molecule has 1 aromatic carbocycles.